The normalized spacial score (nSPS) is 10.4. The highest BCUT2D eigenvalue weighted by molar-refractivity contribution is 5.50. The first-order valence-electron chi connectivity index (χ1n) is 5.94. The van der Waals surface area contributed by atoms with Crippen molar-refractivity contribution in [1.29, 1.82) is 0 Å². The number of halogens is 1. The predicted molar refractivity (Wildman–Crippen MR) is 67.4 cm³/mol. The van der Waals surface area contributed by atoms with Crippen molar-refractivity contribution in [1.82, 2.24) is 5.32 Å². The van der Waals surface area contributed by atoms with Crippen LogP contribution in [0.5, 0.6) is 0 Å². The van der Waals surface area contributed by atoms with E-state index in [4.69, 9.17) is 0 Å². The van der Waals surface area contributed by atoms with Crippen molar-refractivity contribution < 1.29 is 4.39 Å². The van der Waals surface area contributed by atoms with E-state index in [9.17, 15) is 4.39 Å². The first-order chi connectivity index (χ1) is 7.74. The van der Waals surface area contributed by atoms with Gasteiger partial charge in [0.05, 0.1) is 0 Å². The van der Waals surface area contributed by atoms with Gasteiger partial charge in [0.1, 0.15) is 5.82 Å². The van der Waals surface area contributed by atoms with Crippen LogP contribution in [0.15, 0.2) is 18.2 Å². The van der Waals surface area contributed by atoms with Crippen LogP contribution in [0.25, 0.3) is 0 Å². The number of anilines is 1. The Balaban J connectivity index is 2.23. The van der Waals surface area contributed by atoms with Crippen LogP contribution in [0.2, 0.25) is 0 Å². The smallest absolute Gasteiger partial charge is 0.125 e. The largest absolute Gasteiger partial charge is 0.385 e. The highest BCUT2D eigenvalue weighted by Crippen LogP contribution is 2.15. The molecule has 0 unspecified atom stereocenters. The number of rotatable bonds is 7. The van der Waals surface area contributed by atoms with Crippen LogP contribution >= 0.6 is 0 Å². The molecule has 1 aromatic rings. The van der Waals surface area contributed by atoms with Gasteiger partial charge in [0.25, 0.3) is 0 Å². The Morgan fingerprint density at radius 3 is 2.69 bits per heavy atom. The van der Waals surface area contributed by atoms with Gasteiger partial charge in [-0.05, 0) is 50.6 Å². The van der Waals surface area contributed by atoms with Crippen LogP contribution < -0.4 is 10.6 Å². The molecule has 16 heavy (non-hydrogen) atoms. The third-order valence-corrected chi connectivity index (χ3v) is 2.55. The number of aryl methyl sites for hydroxylation is 1. The molecule has 0 atom stereocenters. The van der Waals surface area contributed by atoms with Crippen LogP contribution in [0.3, 0.4) is 0 Å². The second kappa shape index (κ2) is 7.23. The lowest BCUT2D eigenvalue weighted by molar-refractivity contribution is 0.627. The van der Waals surface area contributed by atoms with Gasteiger partial charge in [-0.1, -0.05) is 13.0 Å². The van der Waals surface area contributed by atoms with E-state index in [1.54, 1.807) is 12.1 Å². The lowest BCUT2D eigenvalue weighted by Crippen LogP contribution is -2.15. The summed E-state index contributed by atoms with van der Waals surface area (Å²) < 4.78 is 13.0. The van der Waals surface area contributed by atoms with Crippen molar-refractivity contribution in [2.24, 2.45) is 0 Å². The van der Waals surface area contributed by atoms with Crippen LogP contribution in [-0.4, -0.2) is 19.6 Å². The maximum Gasteiger partial charge on any atom is 0.125 e. The summed E-state index contributed by atoms with van der Waals surface area (Å²) in [4.78, 5) is 0. The van der Waals surface area contributed by atoms with E-state index in [0.717, 1.165) is 43.7 Å². The summed E-state index contributed by atoms with van der Waals surface area (Å²) in [5, 5.41) is 6.54. The van der Waals surface area contributed by atoms with Crippen molar-refractivity contribution in [3.63, 3.8) is 0 Å². The molecular weight excluding hydrogens is 203 g/mol. The molecule has 0 heterocycles. The maximum atomic E-state index is 13.0. The van der Waals surface area contributed by atoms with Gasteiger partial charge in [0.15, 0.2) is 0 Å². The van der Waals surface area contributed by atoms with Crippen LogP contribution in [0.4, 0.5) is 10.1 Å². The molecule has 0 saturated heterocycles. The number of nitrogens with one attached hydrogen (secondary N) is 2. The molecule has 90 valence electrons. The molecule has 0 bridgehead atoms. The molecule has 0 radical (unpaired) electrons. The Hall–Kier alpha value is -1.09. The summed E-state index contributed by atoms with van der Waals surface area (Å²) in [6.07, 6.45) is 2.25. The van der Waals surface area contributed by atoms with Gasteiger partial charge >= 0.3 is 0 Å². The second-order valence-corrected chi connectivity index (χ2v) is 3.95. The Kier molecular flexibility index (Phi) is 5.86. The fourth-order valence-electron chi connectivity index (χ4n) is 1.56. The van der Waals surface area contributed by atoms with E-state index in [1.165, 1.54) is 6.07 Å². The molecule has 3 heteroatoms. The summed E-state index contributed by atoms with van der Waals surface area (Å²) in [6, 6.07) is 4.85. The molecule has 0 amide bonds. The molecule has 1 aromatic carbocycles. The topological polar surface area (TPSA) is 24.1 Å². The van der Waals surface area contributed by atoms with Crippen LogP contribution in [-0.2, 0) is 0 Å². The van der Waals surface area contributed by atoms with Crippen molar-refractivity contribution in [3.05, 3.63) is 29.6 Å². The predicted octanol–water partition coefficient (Wildman–Crippen LogP) is 2.94. The summed E-state index contributed by atoms with van der Waals surface area (Å²) >= 11 is 0. The molecule has 0 spiro atoms. The molecule has 0 aliphatic carbocycles. The van der Waals surface area contributed by atoms with Crippen LogP contribution in [0.1, 0.15) is 25.3 Å². The van der Waals surface area contributed by atoms with E-state index in [2.05, 4.69) is 17.6 Å². The quantitative estimate of drug-likeness (QED) is 0.696. The van der Waals surface area contributed by atoms with Crippen molar-refractivity contribution in [2.75, 3.05) is 25.0 Å². The fourth-order valence-corrected chi connectivity index (χ4v) is 1.56. The zero-order chi connectivity index (χ0) is 11.8. The van der Waals surface area contributed by atoms with E-state index >= 15 is 0 Å². The zero-order valence-corrected chi connectivity index (χ0v) is 10.1. The third-order valence-electron chi connectivity index (χ3n) is 2.55. The van der Waals surface area contributed by atoms with E-state index in [1.807, 2.05) is 6.92 Å². The number of benzene rings is 1. The van der Waals surface area contributed by atoms with Gasteiger partial charge in [-0.15, -0.1) is 0 Å². The van der Waals surface area contributed by atoms with Crippen molar-refractivity contribution >= 4 is 5.69 Å². The van der Waals surface area contributed by atoms with Gasteiger partial charge in [0.2, 0.25) is 0 Å². The van der Waals surface area contributed by atoms with Gasteiger partial charge in [-0.25, -0.2) is 4.39 Å². The SMILES string of the molecule is CCNCCCCNc1cc(F)ccc1C. The Morgan fingerprint density at radius 2 is 1.94 bits per heavy atom. The molecule has 2 N–H and O–H groups in total. The average molecular weight is 224 g/mol. The summed E-state index contributed by atoms with van der Waals surface area (Å²) in [6.45, 7) is 7.07. The number of hydrogen-bond acceptors (Lipinski definition) is 2. The highest BCUT2D eigenvalue weighted by Gasteiger charge is 1.98. The molecule has 0 aliphatic rings. The zero-order valence-electron chi connectivity index (χ0n) is 10.1. The lowest BCUT2D eigenvalue weighted by atomic mass is 10.2. The summed E-state index contributed by atoms with van der Waals surface area (Å²) in [5.74, 6) is -0.180. The Labute approximate surface area is 97.3 Å². The van der Waals surface area contributed by atoms with Gasteiger partial charge in [-0.2, -0.15) is 0 Å². The van der Waals surface area contributed by atoms with E-state index in [-0.39, 0.29) is 5.82 Å². The standard InChI is InChI=1S/C13H21FN2/c1-3-15-8-4-5-9-16-13-10-12(14)7-6-11(13)2/h6-7,10,15-16H,3-5,8-9H2,1-2H3. The Bertz CT molecular complexity index is 313. The highest BCUT2D eigenvalue weighted by atomic mass is 19.1. The number of unbranched alkanes of at least 4 members (excludes halogenated alkanes) is 1. The molecule has 0 aromatic heterocycles. The average Bonchev–Trinajstić information content (AvgIpc) is 2.28. The third kappa shape index (κ3) is 4.62. The lowest BCUT2D eigenvalue weighted by Gasteiger charge is -2.09. The van der Waals surface area contributed by atoms with Gasteiger partial charge < -0.3 is 10.6 Å². The first kappa shape index (κ1) is 13.0. The molecule has 1 rings (SSSR count). The van der Waals surface area contributed by atoms with E-state index in [0.29, 0.717) is 0 Å². The molecular formula is C13H21FN2. The first-order valence-corrected chi connectivity index (χ1v) is 5.94. The van der Waals surface area contributed by atoms with Gasteiger partial charge in [0, 0.05) is 12.2 Å². The number of hydrogen-bond donors (Lipinski definition) is 2. The minimum atomic E-state index is -0.180. The molecule has 0 fully saturated rings. The minimum absolute atomic E-state index is 0.180. The molecule has 0 aliphatic heterocycles. The minimum Gasteiger partial charge on any atom is -0.385 e. The van der Waals surface area contributed by atoms with Crippen molar-refractivity contribution in [2.45, 2.75) is 26.7 Å². The van der Waals surface area contributed by atoms with E-state index < -0.39 is 0 Å². The fraction of sp³-hybridized carbons (Fsp3) is 0.538. The summed E-state index contributed by atoms with van der Waals surface area (Å²) in [7, 11) is 0. The van der Waals surface area contributed by atoms with Gasteiger partial charge in [-0.3, -0.25) is 0 Å². The molecule has 2 nitrogen and oxygen atoms in total. The second-order valence-electron chi connectivity index (χ2n) is 3.95. The Morgan fingerprint density at radius 1 is 1.19 bits per heavy atom. The van der Waals surface area contributed by atoms with Crippen molar-refractivity contribution in [3.8, 4) is 0 Å². The maximum absolute atomic E-state index is 13.0. The molecule has 0 saturated carbocycles. The summed E-state index contributed by atoms with van der Waals surface area (Å²) in [5.41, 5.74) is 2.00. The monoisotopic (exact) mass is 224 g/mol. The van der Waals surface area contributed by atoms with Crippen LogP contribution in [0, 0.1) is 12.7 Å².